The van der Waals surface area contributed by atoms with Crippen LogP contribution < -0.4 is 0 Å². The Balaban J connectivity index is 1.83. The number of carbonyl (C=O) groups is 1. The molecule has 1 heterocycles. The molecule has 0 bridgehead atoms. The summed E-state index contributed by atoms with van der Waals surface area (Å²) in [6, 6.07) is 1.50. The minimum Gasteiger partial charge on any atom is -0.461 e. The number of carbonyl (C=O) groups excluding carboxylic acids is 1. The van der Waals surface area contributed by atoms with Crippen molar-refractivity contribution in [3.05, 3.63) is 18.0 Å². The van der Waals surface area contributed by atoms with Crippen LogP contribution in [-0.2, 0) is 4.74 Å². The lowest BCUT2D eigenvalue weighted by Crippen LogP contribution is -2.07. The Morgan fingerprint density at radius 3 is 3.17 bits per heavy atom. The standard InChI is InChI=1S/C8H9NO3/c10-8(7-3-4-12-9-7)11-5-6-1-2-6/h3-4,6H,1-2,5H2. The number of nitrogens with zero attached hydrogens (tertiary/aromatic N) is 1. The fraction of sp³-hybridized carbons (Fsp3) is 0.500. The normalized spacial score (nSPS) is 16.0. The second kappa shape index (κ2) is 2.97. The van der Waals surface area contributed by atoms with E-state index in [1.165, 1.54) is 25.2 Å². The van der Waals surface area contributed by atoms with Gasteiger partial charge in [0.15, 0.2) is 5.69 Å². The molecule has 0 N–H and O–H groups in total. The first kappa shape index (κ1) is 7.34. The first-order chi connectivity index (χ1) is 5.86. The van der Waals surface area contributed by atoms with Gasteiger partial charge in [0.1, 0.15) is 6.26 Å². The highest BCUT2D eigenvalue weighted by Crippen LogP contribution is 2.28. The molecule has 0 aliphatic heterocycles. The van der Waals surface area contributed by atoms with Crippen molar-refractivity contribution in [1.29, 1.82) is 0 Å². The van der Waals surface area contributed by atoms with Crippen LogP contribution in [0.4, 0.5) is 0 Å². The first-order valence-corrected chi connectivity index (χ1v) is 3.94. The Morgan fingerprint density at radius 1 is 1.75 bits per heavy atom. The second-order valence-electron chi connectivity index (χ2n) is 2.93. The number of hydrogen-bond acceptors (Lipinski definition) is 4. The van der Waals surface area contributed by atoms with Gasteiger partial charge >= 0.3 is 5.97 Å². The van der Waals surface area contributed by atoms with Crippen molar-refractivity contribution in [2.45, 2.75) is 12.8 Å². The molecular weight excluding hydrogens is 158 g/mol. The highest BCUT2D eigenvalue weighted by molar-refractivity contribution is 5.86. The van der Waals surface area contributed by atoms with Crippen molar-refractivity contribution in [2.75, 3.05) is 6.61 Å². The smallest absolute Gasteiger partial charge is 0.360 e. The van der Waals surface area contributed by atoms with Gasteiger partial charge in [0, 0.05) is 6.07 Å². The molecule has 0 aromatic carbocycles. The molecule has 1 aromatic heterocycles. The molecule has 0 spiro atoms. The van der Waals surface area contributed by atoms with E-state index in [0.29, 0.717) is 12.5 Å². The highest BCUT2D eigenvalue weighted by Gasteiger charge is 2.23. The largest absolute Gasteiger partial charge is 0.461 e. The van der Waals surface area contributed by atoms with Crippen LogP contribution >= 0.6 is 0 Å². The number of ether oxygens (including phenoxy) is 1. The van der Waals surface area contributed by atoms with Gasteiger partial charge < -0.3 is 9.26 Å². The third-order valence-electron chi connectivity index (χ3n) is 1.79. The zero-order valence-corrected chi connectivity index (χ0v) is 6.53. The number of esters is 1. The molecule has 0 atom stereocenters. The summed E-state index contributed by atoms with van der Waals surface area (Å²) in [5.41, 5.74) is 0.246. The maximum Gasteiger partial charge on any atom is 0.360 e. The molecule has 0 unspecified atom stereocenters. The summed E-state index contributed by atoms with van der Waals surface area (Å²) in [6.07, 6.45) is 3.70. The van der Waals surface area contributed by atoms with Crippen molar-refractivity contribution < 1.29 is 14.1 Å². The summed E-state index contributed by atoms with van der Waals surface area (Å²) >= 11 is 0. The van der Waals surface area contributed by atoms with Gasteiger partial charge in [0.25, 0.3) is 0 Å². The third kappa shape index (κ3) is 1.64. The van der Waals surface area contributed by atoms with E-state index in [-0.39, 0.29) is 5.69 Å². The molecule has 1 aliphatic carbocycles. The van der Waals surface area contributed by atoms with Gasteiger partial charge in [-0.2, -0.15) is 0 Å². The molecule has 4 heteroatoms. The van der Waals surface area contributed by atoms with E-state index in [1.54, 1.807) is 0 Å². The van der Waals surface area contributed by atoms with Gasteiger partial charge in [-0.25, -0.2) is 4.79 Å². The van der Waals surface area contributed by atoms with E-state index in [2.05, 4.69) is 9.68 Å². The molecule has 0 amide bonds. The van der Waals surface area contributed by atoms with Crippen LogP contribution in [0.15, 0.2) is 16.9 Å². The lowest BCUT2D eigenvalue weighted by atomic mass is 10.4. The van der Waals surface area contributed by atoms with Gasteiger partial charge in [-0.15, -0.1) is 0 Å². The van der Waals surface area contributed by atoms with E-state index < -0.39 is 5.97 Å². The van der Waals surface area contributed by atoms with Crippen LogP contribution in [0.5, 0.6) is 0 Å². The SMILES string of the molecule is O=C(OCC1CC1)c1ccon1. The molecule has 4 nitrogen and oxygen atoms in total. The Morgan fingerprint density at radius 2 is 2.58 bits per heavy atom. The highest BCUT2D eigenvalue weighted by atomic mass is 16.5. The van der Waals surface area contributed by atoms with Crippen molar-refractivity contribution >= 4 is 5.97 Å². The summed E-state index contributed by atoms with van der Waals surface area (Å²) in [6.45, 7) is 0.520. The Kier molecular flexibility index (Phi) is 1.81. The van der Waals surface area contributed by atoms with Gasteiger partial charge in [-0.05, 0) is 18.8 Å². The van der Waals surface area contributed by atoms with Crippen LogP contribution in [-0.4, -0.2) is 17.7 Å². The molecule has 1 fully saturated rings. The molecule has 64 valence electrons. The van der Waals surface area contributed by atoms with E-state index in [1.807, 2.05) is 0 Å². The Labute approximate surface area is 69.5 Å². The molecular formula is C8H9NO3. The van der Waals surface area contributed by atoms with Crippen LogP contribution in [0, 0.1) is 5.92 Å². The zero-order chi connectivity index (χ0) is 8.39. The lowest BCUT2D eigenvalue weighted by Gasteiger charge is -1.98. The van der Waals surface area contributed by atoms with E-state index >= 15 is 0 Å². The van der Waals surface area contributed by atoms with Crippen molar-refractivity contribution in [2.24, 2.45) is 5.92 Å². The van der Waals surface area contributed by atoms with E-state index in [0.717, 1.165) is 0 Å². The van der Waals surface area contributed by atoms with Crippen LogP contribution in [0.2, 0.25) is 0 Å². The van der Waals surface area contributed by atoms with Crippen LogP contribution in [0.1, 0.15) is 23.3 Å². The molecule has 2 rings (SSSR count). The monoisotopic (exact) mass is 167 g/mol. The van der Waals surface area contributed by atoms with Gasteiger partial charge in [0.2, 0.25) is 0 Å². The quantitative estimate of drug-likeness (QED) is 0.635. The minimum atomic E-state index is -0.393. The minimum absolute atomic E-state index is 0.246. The third-order valence-corrected chi connectivity index (χ3v) is 1.79. The van der Waals surface area contributed by atoms with E-state index in [9.17, 15) is 4.79 Å². The predicted octanol–water partition coefficient (Wildman–Crippen LogP) is 1.24. The Hall–Kier alpha value is -1.32. The van der Waals surface area contributed by atoms with Crippen LogP contribution in [0.25, 0.3) is 0 Å². The molecule has 12 heavy (non-hydrogen) atoms. The van der Waals surface area contributed by atoms with E-state index in [4.69, 9.17) is 4.74 Å². The van der Waals surface area contributed by atoms with Gasteiger partial charge in [0.05, 0.1) is 6.61 Å². The summed E-state index contributed by atoms with van der Waals surface area (Å²) in [5, 5.41) is 3.46. The van der Waals surface area contributed by atoms with Crippen molar-refractivity contribution in [3.8, 4) is 0 Å². The maximum atomic E-state index is 11.1. The molecule has 0 radical (unpaired) electrons. The summed E-state index contributed by atoms with van der Waals surface area (Å²) in [7, 11) is 0. The summed E-state index contributed by atoms with van der Waals surface area (Å²) in [5.74, 6) is 0.191. The number of rotatable bonds is 3. The lowest BCUT2D eigenvalue weighted by molar-refractivity contribution is 0.0474. The van der Waals surface area contributed by atoms with Crippen molar-refractivity contribution in [3.63, 3.8) is 0 Å². The second-order valence-corrected chi connectivity index (χ2v) is 2.93. The fourth-order valence-electron chi connectivity index (χ4n) is 0.870. The molecule has 1 aromatic rings. The molecule has 0 saturated heterocycles. The molecule has 1 saturated carbocycles. The van der Waals surface area contributed by atoms with Gasteiger partial charge in [-0.1, -0.05) is 5.16 Å². The maximum absolute atomic E-state index is 11.1. The number of aromatic nitrogens is 1. The first-order valence-electron chi connectivity index (χ1n) is 3.94. The Bertz CT molecular complexity index is 264. The van der Waals surface area contributed by atoms with Crippen molar-refractivity contribution in [1.82, 2.24) is 5.16 Å². The zero-order valence-electron chi connectivity index (χ0n) is 6.53. The topological polar surface area (TPSA) is 52.3 Å². The number of hydrogen-bond donors (Lipinski definition) is 0. The fourth-order valence-corrected chi connectivity index (χ4v) is 0.870. The average molecular weight is 167 g/mol. The summed E-state index contributed by atoms with van der Waals surface area (Å²) in [4.78, 5) is 11.1. The van der Waals surface area contributed by atoms with Gasteiger partial charge in [-0.3, -0.25) is 0 Å². The van der Waals surface area contributed by atoms with Crippen LogP contribution in [0.3, 0.4) is 0 Å². The predicted molar refractivity (Wildman–Crippen MR) is 39.5 cm³/mol. The molecule has 1 aliphatic rings. The average Bonchev–Trinajstić information content (AvgIpc) is 2.74. The summed E-state index contributed by atoms with van der Waals surface area (Å²) < 4.78 is 9.46.